The predicted molar refractivity (Wildman–Crippen MR) is 96.4 cm³/mol. The van der Waals surface area contributed by atoms with Crippen molar-refractivity contribution in [3.05, 3.63) is 30.1 Å². The standard InChI is InChI=1S/C16H24FN3O3S.ClH/c1-11(2)15(16(21)20-9-5-6-12(18)10-20)19-24(22,23)14-8-4-3-7-13(14)17;/h3-4,7-8,11-12,15,19H,5-6,9-10,18H2,1-2H3;1H. The summed E-state index contributed by atoms with van der Waals surface area (Å²) in [6.07, 6.45) is 1.63. The number of rotatable bonds is 5. The predicted octanol–water partition coefficient (Wildman–Crippen LogP) is 1.50. The fourth-order valence-corrected chi connectivity index (χ4v) is 4.19. The second-order valence-corrected chi connectivity index (χ2v) is 8.14. The molecule has 6 nitrogen and oxygen atoms in total. The number of carbonyl (C=O) groups excluding carboxylic acids is 1. The lowest BCUT2D eigenvalue weighted by Gasteiger charge is -2.34. The van der Waals surface area contributed by atoms with Crippen molar-refractivity contribution in [2.24, 2.45) is 11.7 Å². The number of nitrogens with zero attached hydrogens (tertiary/aromatic N) is 1. The number of halogens is 2. The Hall–Kier alpha value is -1.22. The maximum absolute atomic E-state index is 13.8. The molecule has 1 aromatic carbocycles. The van der Waals surface area contributed by atoms with Crippen LogP contribution < -0.4 is 10.5 Å². The fourth-order valence-electron chi connectivity index (χ4n) is 2.77. The van der Waals surface area contributed by atoms with Crippen molar-refractivity contribution in [2.75, 3.05) is 13.1 Å². The summed E-state index contributed by atoms with van der Waals surface area (Å²) in [5, 5.41) is 0. The van der Waals surface area contributed by atoms with Crippen LogP contribution in [0.1, 0.15) is 26.7 Å². The van der Waals surface area contributed by atoms with Gasteiger partial charge >= 0.3 is 0 Å². The summed E-state index contributed by atoms with van der Waals surface area (Å²) < 4.78 is 41.1. The fraction of sp³-hybridized carbons (Fsp3) is 0.562. The average molecular weight is 394 g/mol. The molecule has 1 aromatic rings. The molecule has 9 heteroatoms. The van der Waals surface area contributed by atoms with Crippen molar-refractivity contribution >= 4 is 28.3 Å². The van der Waals surface area contributed by atoms with Crippen molar-refractivity contribution in [1.82, 2.24) is 9.62 Å². The van der Waals surface area contributed by atoms with Crippen LogP contribution in [-0.2, 0) is 14.8 Å². The highest BCUT2D eigenvalue weighted by atomic mass is 35.5. The first kappa shape index (κ1) is 21.8. The molecular weight excluding hydrogens is 369 g/mol. The Morgan fingerprint density at radius 1 is 1.36 bits per heavy atom. The third kappa shape index (κ3) is 5.37. The molecule has 1 fully saturated rings. The minimum atomic E-state index is -4.14. The zero-order valence-corrected chi connectivity index (χ0v) is 15.9. The van der Waals surface area contributed by atoms with E-state index in [4.69, 9.17) is 5.73 Å². The minimum Gasteiger partial charge on any atom is -0.340 e. The molecule has 2 unspecified atom stereocenters. The van der Waals surface area contributed by atoms with Crippen LogP contribution in [0.25, 0.3) is 0 Å². The molecule has 0 saturated carbocycles. The Balaban J connectivity index is 0.00000312. The quantitative estimate of drug-likeness (QED) is 0.792. The molecule has 25 heavy (non-hydrogen) atoms. The molecule has 3 N–H and O–H groups in total. The van der Waals surface area contributed by atoms with Gasteiger partial charge in [0.25, 0.3) is 0 Å². The molecule has 0 aromatic heterocycles. The van der Waals surface area contributed by atoms with Gasteiger partial charge in [0.1, 0.15) is 16.8 Å². The van der Waals surface area contributed by atoms with Gasteiger partial charge in [-0.2, -0.15) is 4.72 Å². The van der Waals surface area contributed by atoms with Crippen LogP contribution in [-0.4, -0.2) is 44.4 Å². The molecule has 0 bridgehead atoms. The van der Waals surface area contributed by atoms with Gasteiger partial charge in [-0.05, 0) is 30.9 Å². The van der Waals surface area contributed by atoms with Gasteiger partial charge in [-0.3, -0.25) is 4.79 Å². The number of likely N-dealkylation sites (tertiary alicyclic amines) is 1. The molecule has 1 heterocycles. The Bertz CT molecular complexity index is 700. The zero-order valence-electron chi connectivity index (χ0n) is 14.3. The zero-order chi connectivity index (χ0) is 17.9. The number of benzene rings is 1. The Labute approximate surface area is 154 Å². The van der Waals surface area contributed by atoms with Crippen LogP contribution in [0.15, 0.2) is 29.2 Å². The van der Waals surface area contributed by atoms with Crippen molar-refractivity contribution in [1.29, 1.82) is 0 Å². The Kier molecular flexibility index (Phi) is 7.80. The van der Waals surface area contributed by atoms with E-state index < -0.39 is 26.8 Å². The lowest BCUT2D eigenvalue weighted by molar-refractivity contribution is -0.135. The SMILES string of the molecule is CC(C)C(NS(=O)(=O)c1ccccc1F)C(=O)N1CCCC(N)C1.Cl. The monoisotopic (exact) mass is 393 g/mol. The van der Waals surface area contributed by atoms with Gasteiger partial charge in [0.05, 0.1) is 0 Å². The summed E-state index contributed by atoms with van der Waals surface area (Å²) in [5.74, 6) is -1.45. The normalized spacial score (nSPS) is 19.4. The topological polar surface area (TPSA) is 92.5 Å². The maximum Gasteiger partial charge on any atom is 0.244 e. The highest BCUT2D eigenvalue weighted by Gasteiger charge is 2.34. The number of hydrogen-bond acceptors (Lipinski definition) is 4. The summed E-state index contributed by atoms with van der Waals surface area (Å²) >= 11 is 0. The van der Waals surface area contributed by atoms with Crippen LogP contribution in [0.5, 0.6) is 0 Å². The van der Waals surface area contributed by atoms with Crippen LogP contribution in [0.2, 0.25) is 0 Å². The first-order valence-electron chi connectivity index (χ1n) is 8.03. The van der Waals surface area contributed by atoms with Gasteiger partial charge in [0.2, 0.25) is 15.9 Å². The lowest BCUT2D eigenvalue weighted by Crippen LogP contribution is -2.55. The second kappa shape index (κ2) is 8.93. The molecule has 2 atom stereocenters. The molecule has 2 rings (SSSR count). The van der Waals surface area contributed by atoms with E-state index in [1.54, 1.807) is 18.7 Å². The molecule has 1 saturated heterocycles. The van der Waals surface area contributed by atoms with Crippen molar-refractivity contribution in [2.45, 2.75) is 43.7 Å². The third-order valence-corrected chi connectivity index (χ3v) is 5.58. The largest absolute Gasteiger partial charge is 0.340 e. The van der Waals surface area contributed by atoms with Gasteiger partial charge in [0, 0.05) is 19.1 Å². The molecular formula is C16H25ClFN3O3S. The minimum absolute atomic E-state index is 0. The smallest absolute Gasteiger partial charge is 0.244 e. The summed E-state index contributed by atoms with van der Waals surface area (Å²) in [6, 6.07) is 4.04. The highest BCUT2D eigenvalue weighted by Crippen LogP contribution is 2.18. The van der Waals surface area contributed by atoms with E-state index in [0.717, 1.165) is 18.9 Å². The van der Waals surface area contributed by atoms with E-state index in [9.17, 15) is 17.6 Å². The summed E-state index contributed by atoms with van der Waals surface area (Å²) in [6.45, 7) is 4.45. The summed E-state index contributed by atoms with van der Waals surface area (Å²) in [7, 11) is -4.14. The first-order chi connectivity index (χ1) is 11.2. The number of sulfonamides is 1. The molecule has 0 aliphatic carbocycles. The average Bonchev–Trinajstić information content (AvgIpc) is 2.52. The molecule has 1 aliphatic rings. The molecule has 142 valence electrons. The first-order valence-corrected chi connectivity index (χ1v) is 9.52. The van der Waals surface area contributed by atoms with Gasteiger partial charge in [-0.1, -0.05) is 26.0 Å². The highest BCUT2D eigenvalue weighted by molar-refractivity contribution is 7.89. The Morgan fingerprint density at radius 3 is 2.56 bits per heavy atom. The second-order valence-electron chi connectivity index (χ2n) is 6.46. The van der Waals surface area contributed by atoms with E-state index in [1.807, 2.05) is 0 Å². The molecule has 1 amide bonds. The van der Waals surface area contributed by atoms with Crippen molar-refractivity contribution < 1.29 is 17.6 Å². The summed E-state index contributed by atoms with van der Waals surface area (Å²) in [4.78, 5) is 13.9. The van der Waals surface area contributed by atoms with Crippen LogP contribution >= 0.6 is 12.4 Å². The molecule has 0 spiro atoms. The number of carbonyl (C=O) groups is 1. The van der Waals surface area contributed by atoms with Crippen LogP contribution in [0.4, 0.5) is 4.39 Å². The number of nitrogens with one attached hydrogen (secondary N) is 1. The number of hydrogen-bond donors (Lipinski definition) is 2. The Morgan fingerprint density at radius 2 is 2.00 bits per heavy atom. The third-order valence-electron chi connectivity index (χ3n) is 4.11. The summed E-state index contributed by atoms with van der Waals surface area (Å²) in [5.41, 5.74) is 5.90. The van der Waals surface area contributed by atoms with E-state index in [-0.39, 0.29) is 30.3 Å². The van der Waals surface area contributed by atoms with E-state index in [0.29, 0.717) is 13.1 Å². The van der Waals surface area contributed by atoms with Gasteiger partial charge < -0.3 is 10.6 Å². The van der Waals surface area contributed by atoms with Gasteiger partial charge in [-0.25, -0.2) is 12.8 Å². The molecule has 1 aliphatic heterocycles. The van der Waals surface area contributed by atoms with Crippen molar-refractivity contribution in [3.63, 3.8) is 0 Å². The van der Waals surface area contributed by atoms with Gasteiger partial charge in [0.15, 0.2) is 0 Å². The molecule has 0 radical (unpaired) electrons. The maximum atomic E-state index is 13.8. The van der Waals surface area contributed by atoms with Crippen molar-refractivity contribution in [3.8, 4) is 0 Å². The van der Waals surface area contributed by atoms with E-state index in [2.05, 4.69) is 4.72 Å². The van der Waals surface area contributed by atoms with Crippen LogP contribution in [0.3, 0.4) is 0 Å². The number of amides is 1. The van der Waals surface area contributed by atoms with E-state index >= 15 is 0 Å². The lowest BCUT2D eigenvalue weighted by atomic mass is 10.0. The van der Waals surface area contributed by atoms with Gasteiger partial charge in [-0.15, -0.1) is 12.4 Å². The van der Waals surface area contributed by atoms with Crippen LogP contribution in [0, 0.1) is 11.7 Å². The number of piperidine rings is 1. The van der Waals surface area contributed by atoms with E-state index in [1.165, 1.54) is 18.2 Å². The number of nitrogens with two attached hydrogens (primary N) is 1.